The van der Waals surface area contributed by atoms with E-state index in [9.17, 15) is 13.2 Å². The van der Waals surface area contributed by atoms with E-state index in [0.29, 0.717) is 59.9 Å². The molecule has 12 heteroatoms. The van der Waals surface area contributed by atoms with Crippen molar-refractivity contribution in [1.82, 2.24) is 20.4 Å². The highest BCUT2D eigenvalue weighted by Crippen LogP contribution is 2.35. The molecule has 0 spiro atoms. The minimum absolute atomic E-state index is 0.0516. The minimum Gasteiger partial charge on any atom is -0.486 e. The Hall–Kier alpha value is -4.00. The highest BCUT2D eigenvalue weighted by atomic mass is 32.2. The Morgan fingerprint density at radius 2 is 1.72 bits per heavy atom. The van der Waals surface area contributed by atoms with Crippen LogP contribution in [0, 0.1) is 0 Å². The van der Waals surface area contributed by atoms with Crippen molar-refractivity contribution in [1.29, 1.82) is 0 Å². The summed E-state index contributed by atoms with van der Waals surface area (Å²) < 4.78 is 40.9. The first-order valence-corrected chi connectivity index (χ1v) is 18.0. The number of nitrogens with one attached hydrogen (secondary N) is 2. The van der Waals surface area contributed by atoms with Crippen LogP contribution in [0.3, 0.4) is 0 Å². The Balaban J connectivity index is 1.09. The summed E-state index contributed by atoms with van der Waals surface area (Å²) in [6.45, 7) is 8.86. The van der Waals surface area contributed by atoms with Crippen molar-refractivity contribution < 1.29 is 22.7 Å². The van der Waals surface area contributed by atoms with Crippen LogP contribution in [0.4, 0.5) is 5.69 Å². The maximum absolute atomic E-state index is 13.6. The normalized spacial score (nSPS) is 16.1. The molecular weight excluding hydrogens is 623 g/mol. The van der Waals surface area contributed by atoms with Crippen molar-refractivity contribution in [3.8, 4) is 16.7 Å². The predicted molar refractivity (Wildman–Crippen MR) is 179 cm³/mol. The third-order valence-electron chi connectivity index (χ3n) is 8.12. The zero-order valence-electron chi connectivity index (χ0n) is 26.2. The van der Waals surface area contributed by atoms with Gasteiger partial charge in [0, 0.05) is 37.2 Å². The third-order valence-corrected chi connectivity index (χ3v) is 10.6. The van der Waals surface area contributed by atoms with Gasteiger partial charge in [-0.2, -0.15) is 0 Å². The van der Waals surface area contributed by atoms with Crippen LogP contribution in [0.25, 0.3) is 0 Å². The highest BCUT2D eigenvalue weighted by molar-refractivity contribution is 7.91. The van der Waals surface area contributed by atoms with Crippen molar-refractivity contribution in [2.45, 2.75) is 56.8 Å². The first-order valence-electron chi connectivity index (χ1n) is 15.5. The number of nitrogens with zero attached hydrogens (tertiary/aromatic N) is 3. The number of likely N-dealkylation sites (tertiary alicyclic amines) is 1. The Kier molecular flexibility index (Phi) is 9.30. The molecule has 1 amide bonds. The van der Waals surface area contributed by atoms with E-state index in [2.05, 4.69) is 53.1 Å². The first-order chi connectivity index (χ1) is 22.0. The topological polar surface area (TPSA) is 123 Å². The third kappa shape index (κ3) is 7.86. The number of ether oxygens (including phenoxy) is 2. The number of amides is 1. The van der Waals surface area contributed by atoms with Crippen LogP contribution >= 0.6 is 11.3 Å². The van der Waals surface area contributed by atoms with Gasteiger partial charge in [0.2, 0.25) is 10.0 Å². The molecule has 6 rings (SSSR count). The van der Waals surface area contributed by atoms with Gasteiger partial charge >= 0.3 is 0 Å². The van der Waals surface area contributed by atoms with Crippen molar-refractivity contribution >= 4 is 33.0 Å². The summed E-state index contributed by atoms with van der Waals surface area (Å²) >= 11 is 1.45. The van der Waals surface area contributed by atoms with Crippen LogP contribution < -0.4 is 19.5 Å². The zero-order chi connectivity index (χ0) is 32.3. The van der Waals surface area contributed by atoms with Gasteiger partial charge in [0.1, 0.15) is 22.6 Å². The van der Waals surface area contributed by atoms with Crippen LogP contribution in [0.1, 0.15) is 66.0 Å². The number of carbonyl (C=O) groups excluding carboxylic acids is 1. The summed E-state index contributed by atoms with van der Waals surface area (Å²) in [6, 6.07) is 22.0. The number of hydrogen-bond acceptors (Lipinski definition) is 9. The molecule has 46 heavy (non-hydrogen) atoms. The second-order valence-electron chi connectivity index (χ2n) is 12.8. The summed E-state index contributed by atoms with van der Waals surface area (Å²) in [6.07, 6.45) is 1.59. The van der Waals surface area contributed by atoms with Crippen molar-refractivity contribution in [2.75, 3.05) is 30.9 Å². The number of aromatic nitrogens is 2. The monoisotopic (exact) mass is 661 g/mol. The SMILES string of the molecule is CC(C)(C)c1nnc(Oc2ccc(C3CCN(C(=O)c4ccc(OC5CNC5)c(NS(=O)(=O)Cc5ccccc5)c4)CC3)cc2)s1. The van der Waals surface area contributed by atoms with Crippen LogP contribution in [0.15, 0.2) is 72.8 Å². The van der Waals surface area contributed by atoms with Crippen molar-refractivity contribution in [2.24, 2.45) is 0 Å². The van der Waals surface area contributed by atoms with Gasteiger partial charge in [-0.3, -0.25) is 9.52 Å². The highest BCUT2D eigenvalue weighted by Gasteiger charge is 2.27. The first kappa shape index (κ1) is 32.0. The molecule has 10 nitrogen and oxygen atoms in total. The lowest BCUT2D eigenvalue weighted by Crippen LogP contribution is -2.50. The molecule has 0 atom stereocenters. The van der Waals surface area contributed by atoms with Gasteiger partial charge in [-0.1, -0.05) is 79.7 Å². The molecule has 1 aromatic heterocycles. The predicted octanol–water partition coefficient (Wildman–Crippen LogP) is 5.94. The molecule has 2 aliphatic rings. The van der Waals surface area contributed by atoms with Gasteiger partial charge in [0.25, 0.3) is 11.1 Å². The molecule has 2 saturated heterocycles. The maximum atomic E-state index is 13.6. The number of piperidine rings is 1. The quantitative estimate of drug-likeness (QED) is 0.214. The number of hydrogen-bond donors (Lipinski definition) is 2. The lowest BCUT2D eigenvalue weighted by atomic mass is 9.89. The second-order valence-corrected chi connectivity index (χ2v) is 15.5. The zero-order valence-corrected chi connectivity index (χ0v) is 27.9. The fourth-order valence-electron chi connectivity index (χ4n) is 5.43. The average molecular weight is 662 g/mol. The number of sulfonamides is 1. The lowest BCUT2D eigenvalue weighted by molar-refractivity contribution is 0.0713. The summed E-state index contributed by atoms with van der Waals surface area (Å²) in [5, 5.41) is 13.0. The Bertz CT molecular complexity index is 1760. The average Bonchev–Trinajstić information content (AvgIpc) is 3.49. The van der Waals surface area contributed by atoms with E-state index in [1.165, 1.54) is 16.9 Å². The molecule has 0 radical (unpaired) electrons. The molecule has 2 fully saturated rings. The van der Waals surface area contributed by atoms with Crippen molar-refractivity contribution in [3.05, 3.63) is 94.5 Å². The maximum Gasteiger partial charge on any atom is 0.299 e. The summed E-state index contributed by atoms with van der Waals surface area (Å²) in [5.41, 5.74) is 2.49. The standard InChI is InChI=1S/C34H39N5O5S2/c1-34(2,3)32-36-37-33(45-32)44-27-12-9-24(10-13-27)25-15-17-39(18-16-25)31(40)26-11-14-30(43-28-20-35-21-28)29(19-26)38-46(41,42)22-23-7-5-4-6-8-23/h4-14,19,25,28,35,38H,15-18,20-22H2,1-3H3. The summed E-state index contributed by atoms with van der Waals surface area (Å²) in [7, 11) is -3.75. The summed E-state index contributed by atoms with van der Waals surface area (Å²) in [5.74, 6) is 1.13. The molecule has 3 heterocycles. The van der Waals surface area contributed by atoms with E-state index in [1.54, 1.807) is 42.5 Å². The Morgan fingerprint density at radius 1 is 1.00 bits per heavy atom. The van der Waals surface area contributed by atoms with E-state index in [-0.39, 0.29) is 28.9 Å². The number of carbonyl (C=O) groups is 1. The van der Waals surface area contributed by atoms with E-state index < -0.39 is 10.0 Å². The molecule has 2 aliphatic heterocycles. The van der Waals surface area contributed by atoms with E-state index in [0.717, 1.165) is 17.8 Å². The molecule has 0 unspecified atom stereocenters. The smallest absolute Gasteiger partial charge is 0.299 e. The molecular formula is C34H39N5O5S2. The molecule has 2 N–H and O–H groups in total. The van der Waals surface area contributed by atoms with Gasteiger partial charge in [0.15, 0.2) is 0 Å². The molecule has 0 bridgehead atoms. The van der Waals surface area contributed by atoms with E-state index in [1.807, 2.05) is 23.1 Å². The van der Waals surface area contributed by atoms with Crippen LogP contribution in [-0.4, -0.2) is 61.7 Å². The van der Waals surface area contributed by atoms with Gasteiger partial charge in [-0.25, -0.2) is 8.42 Å². The Labute approximate surface area is 274 Å². The van der Waals surface area contributed by atoms with E-state index in [4.69, 9.17) is 9.47 Å². The number of benzene rings is 3. The van der Waals surface area contributed by atoms with Gasteiger partial charge in [-0.15, -0.1) is 5.10 Å². The fraction of sp³-hybridized carbons (Fsp3) is 0.382. The molecule has 242 valence electrons. The fourth-order valence-corrected chi connectivity index (χ4v) is 7.40. The minimum atomic E-state index is -3.75. The molecule has 0 aliphatic carbocycles. The van der Waals surface area contributed by atoms with Gasteiger partial charge < -0.3 is 19.7 Å². The number of anilines is 1. The van der Waals surface area contributed by atoms with Gasteiger partial charge in [-0.05, 0) is 60.2 Å². The second kappa shape index (κ2) is 13.4. The molecule has 4 aromatic rings. The van der Waals surface area contributed by atoms with E-state index >= 15 is 0 Å². The van der Waals surface area contributed by atoms with Crippen molar-refractivity contribution in [3.63, 3.8) is 0 Å². The lowest BCUT2D eigenvalue weighted by Gasteiger charge is -2.32. The van der Waals surface area contributed by atoms with Crippen LogP contribution in [-0.2, 0) is 21.2 Å². The van der Waals surface area contributed by atoms with Gasteiger partial charge in [0.05, 0.1) is 11.4 Å². The molecule has 3 aromatic carbocycles. The number of rotatable bonds is 10. The van der Waals surface area contributed by atoms with Crippen LogP contribution in [0.2, 0.25) is 0 Å². The molecule has 0 saturated carbocycles. The largest absolute Gasteiger partial charge is 0.486 e. The Morgan fingerprint density at radius 3 is 2.35 bits per heavy atom. The van der Waals surface area contributed by atoms with Crippen LogP contribution in [0.5, 0.6) is 16.7 Å². The summed E-state index contributed by atoms with van der Waals surface area (Å²) in [4.78, 5) is 15.4.